The zero-order valence-corrected chi connectivity index (χ0v) is 12.5. The van der Waals surface area contributed by atoms with E-state index < -0.39 is 5.91 Å². The third-order valence-corrected chi connectivity index (χ3v) is 3.13. The number of nitrogens with one attached hydrogen (secondary N) is 3. The molecule has 0 aliphatic rings. The van der Waals surface area contributed by atoms with Crippen LogP contribution in [0.2, 0.25) is 0 Å². The molecule has 0 saturated carbocycles. The Hall–Kier alpha value is -2.96. The first-order chi connectivity index (χ1) is 11.1. The van der Waals surface area contributed by atoms with Crippen LogP contribution in [0.25, 0.3) is 0 Å². The summed E-state index contributed by atoms with van der Waals surface area (Å²) >= 11 is 0. The number of aromatic nitrogens is 2. The van der Waals surface area contributed by atoms with E-state index in [4.69, 9.17) is 0 Å². The lowest BCUT2D eigenvalue weighted by molar-refractivity contribution is -0.121. The second kappa shape index (κ2) is 8.47. The van der Waals surface area contributed by atoms with Crippen LogP contribution in [-0.4, -0.2) is 35.1 Å². The van der Waals surface area contributed by atoms with Crippen molar-refractivity contribution in [1.29, 1.82) is 0 Å². The molecule has 0 spiro atoms. The Morgan fingerprint density at radius 3 is 2.43 bits per heavy atom. The van der Waals surface area contributed by atoms with Crippen LogP contribution in [0.3, 0.4) is 0 Å². The third-order valence-electron chi connectivity index (χ3n) is 3.13. The van der Waals surface area contributed by atoms with E-state index in [2.05, 4.69) is 20.8 Å². The molecular formula is C16H18N4O3. The molecule has 0 unspecified atom stereocenters. The number of carbonyl (C=O) groups is 2. The van der Waals surface area contributed by atoms with Crippen LogP contribution in [0.4, 0.5) is 0 Å². The smallest absolute Gasteiger partial charge is 0.271 e. The molecule has 0 bridgehead atoms. The van der Waals surface area contributed by atoms with Gasteiger partial charge in [0.15, 0.2) is 0 Å². The van der Waals surface area contributed by atoms with Gasteiger partial charge in [-0.05, 0) is 18.1 Å². The molecule has 0 aliphatic carbocycles. The average molecular weight is 314 g/mol. The third kappa shape index (κ3) is 5.74. The standard InChI is InChI=1S/C16H18N4O3/c21-14(8-6-12-4-2-1-3-5-12)17-10-11-18-16(23)13-7-9-15(22)20-19-13/h1-5,7,9H,6,8,10-11H2,(H,17,21)(H,18,23)(H,20,22). The molecule has 2 amide bonds. The van der Waals surface area contributed by atoms with Gasteiger partial charge in [-0.1, -0.05) is 30.3 Å². The molecule has 3 N–H and O–H groups in total. The molecule has 0 saturated heterocycles. The van der Waals surface area contributed by atoms with E-state index in [0.717, 1.165) is 5.56 Å². The number of amides is 2. The predicted octanol–water partition coefficient (Wildman–Crippen LogP) is 0.249. The molecule has 1 heterocycles. The quantitative estimate of drug-likeness (QED) is 0.637. The van der Waals surface area contributed by atoms with Crippen molar-refractivity contribution < 1.29 is 9.59 Å². The van der Waals surface area contributed by atoms with Gasteiger partial charge in [-0.15, -0.1) is 0 Å². The summed E-state index contributed by atoms with van der Waals surface area (Å²) in [4.78, 5) is 34.2. The number of rotatable bonds is 7. The highest BCUT2D eigenvalue weighted by molar-refractivity contribution is 5.91. The second-order valence-electron chi connectivity index (χ2n) is 4.90. The molecule has 1 aromatic heterocycles. The zero-order valence-electron chi connectivity index (χ0n) is 12.5. The monoisotopic (exact) mass is 314 g/mol. The topological polar surface area (TPSA) is 104 Å². The van der Waals surface area contributed by atoms with E-state index in [0.29, 0.717) is 19.4 Å². The van der Waals surface area contributed by atoms with Gasteiger partial charge in [-0.2, -0.15) is 5.10 Å². The van der Waals surface area contributed by atoms with E-state index >= 15 is 0 Å². The molecule has 2 rings (SSSR count). The van der Waals surface area contributed by atoms with Gasteiger partial charge < -0.3 is 10.6 Å². The Morgan fingerprint density at radius 1 is 1.00 bits per heavy atom. The molecule has 2 aromatic rings. The molecule has 0 radical (unpaired) electrons. The maximum absolute atomic E-state index is 11.7. The lowest BCUT2D eigenvalue weighted by Gasteiger charge is -2.07. The number of aromatic amines is 1. The summed E-state index contributed by atoms with van der Waals surface area (Å²) < 4.78 is 0. The van der Waals surface area contributed by atoms with Gasteiger partial charge in [0.25, 0.3) is 11.5 Å². The average Bonchev–Trinajstić information content (AvgIpc) is 2.58. The first-order valence-electron chi connectivity index (χ1n) is 7.30. The number of hydrogen-bond donors (Lipinski definition) is 3. The van der Waals surface area contributed by atoms with Crippen molar-refractivity contribution in [2.45, 2.75) is 12.8 Å². The van der Waals surface area contributed by atoms with Gasteiger partial charge in [0, 0.05) is 25.6 Å². The maximum atomic E-state index is 11.7. The number of nitrogens with zero attached hydrogens (tertiary/aromatic N) is 1. The Morgan fingerprint density at radius 2 is 1.74 bits per heavy atom. The minimum Gasteiger partial charge on any atom is -0.354 e. The fourth-order valence-electron chi connectivity index (χ4n) is 1.93. The number of H-pyrrole nitrogens is 1. The minimum absolute atomic E-state index is 0.0646. The maximum Gasteiger partial charge on any atom is 0.271 e. The predicted molar refractivity (Wildman–Crippen MR) is 85.0 cm³/mol. The Kier molecular flexibility index (Phi) is 6.05. The fraction of sp³-hybridized carbons (Fsp3) is 0.250. The summed E-state index contributed by atoms with van der Waals surface area (Å²) in [7, 11) is 0. The van der Waals surface area contributed by atoms with Gasteiger partial charge in [0.2, 0.25) is 5.91 Å². The summed E-state index contributed by atoms with van der Waals surface area (Å²) in [5.74, 6) is -0.468. The van der Waals surface area contributed by atoms with Gasteiger partial charge in [-0.25, -0.2) is 5.10 Å². The summed E-state index contributed by atoms with van der Waals surface area (Å²) in [6.45, 7) is 0.624. The molecular weight excluding hydrogens is 296 g/mol. The Bertz CT molecular complexity index is 692. The van der Waals surface area contributed by atoms with Crippen molar-refractivity contribution in [3.05, 3.63) is 64.1 Å². The van der Waals surface area contributed by atoms with Crippen LogP contribution in [0.5, 0.6) is 0 Å². The molecule has 1 aromatic carbocycles. The van der Waals surface area contributed by atoms with E-state index in [-0.39, 0.29) is 23.7 Å². The summed E-state index contributed by atoms with van der Waals surface area (Å²) in [6.07, 6.45) is 1.08. The molecule has 120 valence electrons. The molecule has 7 nitrogen and oxygen atoms in total. The van der Waals surface area contributed by atoms with Crippen molar-refractivity contribution in [3.63, 3.8) is 0 Å². The van der Waals surface area contributed by atoms with Crippen LogP contribution in [0, 0.1) is 0 Å². The lowest BCUT2D eigenvalue weighted by Crippen LogP contribution is -2.35. The van der Waals surface area contributed by atoms with E-state index in [1.54, 1.807) is 0 Å². The van der Waals surface area contributed by atoms with E-state index in [1.807, 2.05) is 30.3 Å². The number of aryl methyl sites for hydroxylation is 1. The van der Waals surface area contributed by atoms with Crippen LogP contribution in [0.1, 0.15) is 22.5 Å². The van der Waals surface area contributed by atoms with Crippen molar-refractivity contribution in [3.8, 4) is 0 Å². The summed E-state index contributed by atoms with van der Waals surface area (Å²) in [5, 5.41) is 11.2. The Labute approximate surface area is 133 Å². The highest BCUT2D eigenvalue weighted by Crippen LogP contribution is 2.01. The van der Waals surface area contributed by atoms with Gasteiger partial charge in [0.05, 0.1) is 0 Å². The van der Waals surface area contributed by atoms with Gasteiger partial charge in [-0.3, -0.25) is 14.4 Å². The number of hydrogen-bond acceptors (Lipinski definition) is 4. The number of carbonyl (C=O) groups excluding carboxylic acids is 2. The normalized spacial score (nSPS) is 10.1. The zero-order chi connectivity index (χ0) is 16.5. The summed E-state index contributed by atoms with van der Waals surface area (Å²) in [6, 6.07) is 12.3. The first-order valence-corrected chi connectivity index (χ1v) is 7.30. The lowest BCUT2D eigenvalue weighted by atomic mass is 10.1. The first kappa shape index (κ1) is 16.4. The molecule has 23 heavy (non-hydrogen) atoms. The molecule has 0 atom stereocenters. The fourth-order valence-corrected chi connectivity index (χ4v) is 1.93. The second-order valence-corrected chi connectivity index (χ2v) is 4.90. The largest absolute Gasteiger partial charge is 0.354 e. The number of benzene rings is 1. The highest BCUT2D eigenvalue weighted by atomic mass is 16.2. The molecule has 7 heteroatoms. The van der Waals surface area contributed by atoms with E-state index in [1.165, 1.54) is 12.1 Å². The van der Waals surface area contributed by atoms with Crippen LogP contribution < -0.4 is 16.2 Å². The summed E-state index contributed by atoms with van der Waals surface area (Å²) in [5.41, 5.74) is 0.868. The van der Waals surface area contributed by atoms with Crippen molar-refractivity contribution in [2.24, 2.45) is 0 Å². The van der Waals surface area contributed by atoms with E-state index in [9.17, 15) is 14.4 Å². The van der Waals surface area contributed by atoms with Gasteiger partial charge in [0.1, 0.15) is 5.69 Å². The van der Waals surface area contributed by atoms with Crippen molar-refractivity contribution >= 4 is 11.8 Å². The van der Waals surface area contributed by atoms with Gasteiger partial charge >= 0.3 is 0 Å². The minimum atomic E-state index is -0.403. The SMILES string of the molecule is O=C(CCc1ccccc1)NCCNC(=O)c1ccc(=O)[nH]n1. The van der Waals surface area contributed by atoms with Crippen LogP contribution >= 0.6 is 0 Å². The van der Waals surface area contributed by atoms with Crippen molar-refractivity contribution in [1.82, 2.24) is 20.8 Å². The molecule has 0 fully saturated rings. The van der Waals surface area contributed by atoms with Crippen molar-refractivity contribution in [2.75, 3.05) is 13.1 Å². The highest BCUT2D eigenvalue weighted by Gasteiger charge is 2.07. The van der Waals surface area contributed by atoms with Crippen LogP contribution in [-0.2, 0) is 11.2 Å². The van der Waals surface area contributed by atoms with Crippen LogP contribution in [0.15, 0.2) is 47.3 Å². The molecule has 0 aliphatic heterocycles. The Balaban J connectivity index is 1.63.